The summed E-state index contributed by atoms with van der Waals surface area (Å²) in [6.45, 7) is 7.69. The second-order valence-electron chi connectivity index (χ2n) is 2.25. The van der Waals surface area contributed by atoms with Gasteiger partial charge in [0.1, 0.15) is 0 Å². The maximum atomic E-state index is 3.35. The molecule has 0 aliphatic carbocycles. The second kappa shape index (κ2) is 13.0. The molecule has 0 aliphatic rings. The highest BCUT2D eigenvalue weighted by Crippen LogP contribution is 1.92. The van der Waals surface area contributed by atoms with Gasteiger partial charge in [0.25, 0.3) is 0 Å². The van der Waals surface area contributed by atoms with Crippen LogP contribution < -0.4 is 5.32 Å². The molecule has 0 fully saturated rings. The highest BCUT2D eigenvalue weighted by atomic mass is 128. The van der Waals surface area contributed by atoms with Crippen LogP contribution in [0.3, 0.4) is 0 Å². The Bertz CT molecular complexity index is 44.9. The Morgan fingerprint density at radius 3 is 2.10 bits per heavy atom. The van der Waals surface area contributed by atoms with Crippen molar-refractivity contribution < 1.29 is 0 Å². The summed E-state index contributed by atoms with van der Waals surface area (Å²) in [5, 5.41) is 3.35. The first-order valence-corrected chi connectivity index (χ1v) is 9.97. The first kappa shape index (κ1) is 14.0. The molecular weight excluding hydrogens is 352 g/mol. The van der Waals surface area contributed by atoms with E-state index in [4.69, 9.17) is 0 Å². The summed E-state index contributed by atoms with van der Waals surface area (Å²) in [5.74, 6) is 0. The number of hydrogen-bond acceptors (Lipinski definition) is 1. The number of hydrogen-bond donors (Lipinski definition) is 1. The van der Waals surface area contributed by atoms with Crippen molar-refractivity contribution in [3.05, 3.63) is 0 Å². The van der Waals surface area contributed by atoms with E-state index in [1.165, 1.54) is 12.8 Å². The Morgan fingerprint density at radius 1 is 1.30 bits per heavy atom. The topological polar surface area (TPSA) is 12.0 Å². The summed E-state index contributed by atoms with van der Waals surface area (Å²) in [6.07, 6.45) is 2.59. The van der Waals surface area contributed by atoms with E-state index in [-0.39, 0.29) is 0 Å². The Labute approximate surface area is 88.0 Å². The molecule has 0 aromatic rings. The average molecular weight is 369 g/mol. The normalized spacial score (nSPS) is 11.7. The third kappa shape index (κ3) is 12.1. The Kier molecular flexibility index (Phi) is 18.2. The molecule has 0 radical (unpaired) electrons. The molecule has 0 rings (SSSR count). The third-order valence-corrected chi connectivity index (χ3v) is 1.27. The van der Waals surface area contributed by atoms with Crippen molar-refractivity contribution in [2.75, 3.05) is 6.54 Å². The minimum Gasteiger partial charge on any atom is -0.315 e. The molecule has 0 heterocycles. The first-order chi connectivity index (χ1) is 4.81. The van der Waals surface area contributed by atoms with Crippen molar-refractivity contribution in [3.63, 3.8) is 0 Å². The lowest BCUT2D eigenvalue weighted by atomic mass is 10.2. The van der Waals surface area contributed by atoms with Crippen molar-refractivity contribution in [3.8, 4) is 0 Å². The first-order valence-electron chi connectivity index (χ1n) is 3.68. The quantitative estimate of drug-likeness (QED) is 0.748. The Morgan fingerprint density at radius 2 is 1.80 bits per heavy atom. The molecule has 1 nitrogen and oxygen atoms in total. The van der Waals surface area contributed by atoms with Crippen LogP contribution in [0, 0.1) is 0 Å². The number of halogens is 2. The molecule has 64 valence electrons. The van der Waals surface area contributed by atoms with Gasteiger partial charge in [-0.15, -0.1) is 0 Å². The second-order valence-corrected chi connectivity index (χ2v) is 2.25. The molecule has 0 saturated carbocycles. The van der Waals surface area contributed by atoms with Gasteiger partial charge >= 0.3 is 0 Å². The zero-order chi connectivity index (χ0) is 8.41. The summed E-state index contributed by atoms with van der Waals surface area (Å²) in [5.41, 5.74) is 0. The summed E-state index contributed by atoms with van der Waals surface area (Å²) in [6, 6.07) is 0.713. The fourth-order valence-electron chi connectivity index (χ4n) is 0.884. The minimum atomic E-state index is 0.713. The van der Waals surface area contributed by atoms with Gasteiger partial charge in [0.05, 0.1) is 0 Å². The van der Waals surface area contributed by atoms with Crippen LogP contribution in [0.1, 0.15) is 33.6 Å². The molecular formula is C7H17I2N. The maximum absolute atomic E-state index is 3.35. The van der Waals surface area contributed by atoms with Gasteiger partial charge in [0.2, 0.25) is 0 Å². The fourth-order valence-corrected chi connectivity index (χ4v) is 0.884. The van der Waals surface area contributed by atoms with E-state index in [2.05, 4.69) is 63.3 Å². The monoisotopic (exact) mass is 369 g/mol. The van der Waals surface area contributed by atoms with Gasteiger partial charge in [0.15, 0.2) is 0 Å². The van der Waals surface area contributed by atoms with Gasteiger partial charge in [0, 0.05) is 43.3 Å². The van der Waals surface area contributed by atoms with Crippen LogP contribution >= 0.6 is 37.2 Å². The van der Waals surface area contributed by atoms with Crippen LogP contribution in [0.4, 0.5) is 0 Å². The lowest BCUT2D eigenvalue weighted by molar-refractivity contribution is 0.524. The van der Waals surface area contributed by atoms with Gasteiger partial charge in [-0.05, 0) is 19.9 Å². The highest BCUT2D eigenvalue weighted by Gasteiger charge is 1.93. The van der Waals surface area contributed by atoms with E-state index in [1.807, 2.05) is 0 Å². The SMILES string of the molecule is CCCC(C)NCC.II. The van der Waals surface area contributed by atoms with Gasteiger partial charge < -0.3 is 5.32 Å². The minimum absolute atomic E-state index is 0.713. The van der Waals surface area contributed by atoms with E-state index in [1.54, 1.807) is 0 Å². The van der Waals surface area contributed by atoms with Gasteiger partial charge in [-0.1, -0.05) is 20.3 Å². The molecule has 1 N–H and O–H groups in total. The predicted octanol–water partition coefficient (Wildman–Crippen LogP) is 3.56. The molecule has 0 aromatic carbocycles. The zero-order valence-electron chi connectivity index (χ0n) is 6.95. The highest BCUT2D eigenvalue weighted by molar-refractivity contribution is 15.0. The van der Waals surface area contributed by atoms with Gasteiger partial charge in [-0.25, -0.2) is 0 Å². The Balaban J connectivity index is 0. The molecule has 0 saturated heterocycles. The Hall–Kier alpha value is 1.42. The van der Waals surface area contributed by atoms with Crippen molar-refractivity contribution in [1.29, 1.82) is 0 Å². The van der Waals surface area contributed by atoms with E-state index < -0.39 is 0 Å². The molecule has 1 unspecified atom stereocenters. The summed E-state index contributed by atoms with van der Waals surface area (Å²) in [4.78, 5) is 0. The molecule has 1 atom stereocenters. The van der Waals surface area contributed by atoms with Gasteiger partial charge in [-0.2, -0.15) is 0 Å². The van der Waals surface area contributed by atoms with E-state index in [0.29, 0.717) is 6.04 Å². The summed E-state index contributed by atoms with van der Waals surface area (Å²) in [7, 11) is 0. The smallest absolute Gasteiger partial charge is 0.00385 e. The zero-order valence-corrected chi connectivity index (χ0v) is 11.3. The molecule has 0 aliphatic heterocycles. The van der Waals surface area contributed by atoms with Crippen molar-refractivity contribution in [1.82, 2.24) is 5.32 Å². The van der Waals surface area contributed by atoms with E-state index >= 15 is 0 Å². The van der Waals surface area contributed by atoms with Crippen molar-refractivity contribution >= 4 is 37.2 Å². The molecule has 0 aromatic heterocycles. The third-order valence-electron chi connectivity index (χ3n) is 1.27. The van der Waals surface area contributed by atoms with Crippen LogP contribution in [-0.4, -0.2) is 12.6 Å². The van der Waals surface area contributed by atoms with E-state index in [9.17, 15) is 0 Å². The number of nitrogens with one attached hydrogen (secondary N) is 1. The molecule has 0 amide bonds. The lowest BCUT2D eigenvalue weighted by Crippen LogP contribution is -2.24. The van der Waals surface area contributed by atoms with Crippen molar-refractivity contribution in [2.45, 2.75) is 39.7 Å². The molecule has 0 bridgehead atoms. The van der Waals surface area contributed by atoms with Crippen LogP contribution in [0.2, 0.25) is 0 Å². The molecule has 0 spiro atoms. The van der Waals surface area contributed by atoms with Crippen molar-refractivity contribution in [2.24, 2.45) is 0 Å². The van der Waals surface area contributed by atoms with Crippen LogP contribution in [0.5, 0.6) is 0 Å². The lowest BCUT2D eigenvalue weighted by Gasteiger charge is -2.08. The fraction of sp³-hybridized carbons (Fsp3) is 1.00. The van der Waals surface area contributed by atoms with E-state index in [0.717, 1.165) is 6.54 Å². The largest absolute Gasteiger partial charge is 0.315 e. The summed E-state index contributed by atoms with van der Waals surface area (Å²) >= 11 is 4.24. The predicted molar refractivity (Wildman–Crippen MR) is 66.1 cm³/mol. The van der Waals surface area contributed by atoms with Crippen LogP contribution in [0.15, 0.2) is 0 Å². The average Bonchev–Trinajstić information content (AvgIpc) is 1.93. The van der Waals surface area contributed by atoms with Gasteiger partial charge in [-0.3, -0.25) is 0 Å². The molecule has 3 heteroatoms. The number of rotatable bonds is 4. The standard InChI is InChI=1S/C7H17N.I2/c1-4-6-7(3)8-5-2;1-2/h7-8H,4-6H2,1-3H3;. The van der Waals surface area contributed by atoms with Crippen LogP contribution in [0.25, 0.3) is 0 Å². The molecule has 10 heavy (non-hydrogen) atoms. The maximum Gasteiger partial charge on any atom is 0.00385 e. The van der Waals surface area contributed by atoms with Crippen LogP contribution in [-0.2, 0) is 0 Å². The summed E-state index contributed by atoms with van der Waals surface area (Å²) < 4.78 is 0.